The van der Waals surface area contributed by atoms with Crippen molar-refractivity contribution in [2.75, 3.05) is 0 Å². The van der Waals surface area contributed by atoms with Crippen molar-refractivity contribution < 1.29 is 31.8 Å². The monoisotopic (exact) mass is 592 g/mol. The van der Waals surface area contributed by atoms with Crippen LogP contribution in [0.1, 0.15) is 27.4 Å². The van der Waals surface area contributed by atoms with Gasteiger partial charge in [0.25, 0.3) is 0 Å². The summed E-state index contributed by atoms with van der Waals surface area (Å²) in [6.45, 7) is 0. The molecule has 1 aromatic heterocycles. The van der Waals surface area contributed by atoms with Crippen molar-refractivity contribution in [3.8, 4) is 44.5 Å². The minimum Gasteiger partial charge on any atom is -0.455 e. The summed E-state index contributed by atoms with van der Waals surface area (Å²) >= 11 is 0. The highest BCUT2D eigenvalue weighted by Crippen LogP contribution is 2.48. The van der Waals surface area contributed by atoms with Crippen LogP contribution in [0.2, 0.25) is 0 Å². The Morgan fingerprint density at radius 1 is 0.378 bits per heavy atom. The van der Waals surface area contributed by atoms with Crippen molar-refractivity contribution in [3.05, 3.63) is 169 Å². The molecule has 0 amide bonds. The van der Waals surface area contributed by atoms with Crippen molar-refractivity contribution in [3.63, 3.8) is 0 Å². The number of fused-ring (bicyclic) bond motifs is 5. The molecule has 0 saturated heterocycles. The molecule has 0 fully saturated rings. The molecule has 0 aliphatic rings. The van der Waals surface area contributed by atoms with Crippen LogP contribution >= 0.6 is 0 Å². The quantitative estimate of drug-likeness (QED) is 0.185. The van der Waals surface area contributed by atoms with Crippen LogP contribution in [-0.4, -0.2) is 0 Å². The Bertz CT molecular complexity index is 3550. The van der Waals surface area contributed by atoms with E-state index in [0.717, 1.165) is 0 Å². The molecule has 0 radical (unpaired) electrons. The molecule has 1 heteroatoms. The maximum absolute atomic E-state index is 9.52. The van der Waals surface area contributed by atoms with Crippen molar-refractivity contribution in [1.29, 1.82) is 0 Å². The molecule has 0 spiro atoms. The van der Waals surface area contributed by atoms with Crippen LogP contribution < -0.4 is 0 Å². The number of furan rings is 1. The third-order valence-electron chi connectivity index (χ3n) is 7.74. The highest BCUT2D eigenvalue weighted by atomic mass is 16.3. The smallest absolute Gasteiger partial charge is 0.143 e. The topological polar surface area (TPSA) is 13.1 Å². The maximum Gasteiger partial charge on any atom is 0.143 e. The highest BCUT2D eigenvalue weighted by molar-refractivity contribution is 6.26. The molecule has 0 unspecified atom stereocenters. The molecule has 9 aromatic rings. The maximum atomic E-state index is 9.52. The van der Waals surface area contributed by atoms with E-state index in [2.05, 4.69) is 0 Å². The molecule has 1 heterocycles. The van der Waals surface area contributed by atoms with Crippen LogP contribution in [0.15, 0.2) is 174 Å². The van der Waals surface area contributed by atoms with Crippen molar-refractivity contribution in [2.24, 2.45) is 0 Å². The summed E-state index contributed by atoms with van der Waals surface area (Å²) in [4.78, 5) is 0. The van der Waals surface area contributed by atoms with Crippen LogP contribution in [0.4, 0.5) is 0 Å². The molecular formula is C44H28O. The number of benzene rings is 8. The van der Waals surface area contributed by atoms with E-state index in [1.165, 1.54) is 0 Å². The van der Waals surface area contributed by atoms with Crippen molar-refractivity contribution in [2.45, 2.75) is 0 Å². The summed E-state index contributed by atoms with van der Waals surface area (Å²) in [5.41, 5.74) is -2.54. The largest absolute Gasteiger partial charge is 0.455 e. The molecule has 0 saturated carbocycles. The summed E-state index contributed by atoms with van der Waals surface area (Å²) in [6.07, 6.45) is 0. The van der Waals surface area contributed by atoms with Gasteiger partial charge in [-0.2, -0.15) is 0 Å². The molecule has 0 N–H and O–H groups in total. The number of para-hydroxylation sites is 1. The fourth-order valence-corrected chi connectivity index (χ4v) is 5.95. The van der Waals surface area contributed by atoms with Gasteiger partial charge in [0.15, 0.2) is 0 Å². The van der Waals surface area contributed by atoms with Crippen LogP contribution in [0.25, 0.3) is 88.0 Å². The van der Waals surface area contributed by atoms with Gasteiger partial charge in [-0.25, -0.2) is 0 Å². The van der Waals surface area contributed by atoms with Gasteiger partial charge in [-0.1, -0.05) is 163 Å². The molecule has 0 aliphatic heterocycles. The first kappa shape index (κ1) is 12.6. The minimum atomic E-state index is -0.745. The molecule has 0 atom stereocenters. The van der Waals surface area contributed by atoms with Gasteiger partial charge in [0.05, 0.1) is 27.4 Å². The van der Waals surface area contributed by atoms with E-state index in [9.17, 15) is 4.11 Å². The zero-order chi connectivity index (χ0) is 47.1. The van der Waals surface area contributed by atoms with Gasteiger partial charge in [0.2, 0.25) is 0 Å². The van der Waals surface area contributed by atoms with E-state index in [-0.39, 0.29) is 65.7 Å². The summed E-state index contributed by atoms with van der Waals surface area (Å²) < 4.78 is 182. The molecule has 210 valence electrons. The summed E-state index contributed by atoms with van der Waals surface area (Å²) in [5, 5.41) is 0.703. The Balaban J connectivity index is 1.52. The van der Waals surface area contributed by atoms with Crippen LogP contribution in [0, 0.1) is 0 Å². The molecule has 0 aliphatic carbocycles. The fourth-order valence-electron chi connectivity index (χ4n) is 5.95. The van der Waals surface area contributed by atoms with Gasteiger partial charge in [-0.3, -0.25) is 0 Å². The lowest BCUT2D eigenvalue weighted by molar-refractivity contribution is 0.670. The molecule has 45 heavy (non-hydrogen) atoms. The van der Waals surface area contributed by atoms with E-state index in [1.807, 2.05) is 0 Å². The average molecular weight is 593 g/mol. The van der Waals surface area contributed by atoms with Crippen molar-refractivity contribution >= 4 is 43.5 Å². The predicted octanol–water partition coefficient (Wildman–Crippen LogP) is 12.6. The highest BCUT2D eigenvalue weighted by Gasteiger charge is 2.22. The zero-order valence-corrected chi connectivity index (χ0v) is 23.0. The van der Waals surface area contributed by atoms with Crippen LogP contribution in [0.5, 0.6) is 0 Å². The lowest BCUT2D eigenvalue weighted by atomic mass is 9.83. The summed E-state index contributed by atoms with van der Waals surface area (Å²) in [7, 11) is 0. The second kappa shape index (κ2) is 10.4. The lowest BCUT2D eigenvalue weighted by Crippen LogP contribution is -1.93. The second-order valence-corrected chi connectivity index (χ2v) is 10.1. The summed E-state index contributed by atoms with van der Waals surface area (Å²) in [6, 6.07) is -0.813. The molecule has 8 aromatic carbocycles. The molecule has 9 rings (SSSR count). The summed E-state index contributed by atoms with van der Waals surface area (Å²) in [5.74, 6) is 0. The number of rotatable bonds is 4. The van der Waals surface area contributed by atoms with E-state index >= 15 is 0 Å². The first-order valence-corrected chi connectivity index (χ1v) is 13.8. The Kier molecular flexibility index (Phi) is 2.90. The van der Waals surface area contributed by atoms with Crippen molar-refractivity contribution in [1.82, 2.24) is 0 Å². The first-order valence-electron chi connectivity index (χ1n) is 23.8. The lowest BCUT2D eigenvalue weighted by Gasteiger charge is -2.20. The Morgan fingerprint density at radius 2 is 0.844 bits per heavy atom. The Labute approximate surface area is 289 Å². The number of hydrogen-bond donors (Lipinski definition) is 0. The van der Waals surface area contributed by atoms with Gasteiger partial charge in [0.1, 0.15) is 11.2 Å². The predicted molar refractivity (Wildman–Crippen MR) is 190 cm³/mol. The molecular weight excluding hydrogens is 544 g/mol. The second-order valence-electron chi connectivity index (χ2n) is 10.1. The Morgan fingerprint density at radius 3 is 1.47 bits per heavy atom. The van der Waals surface area contributed by atoms with Gasteiger partial charge in [-0.05, 0) is 66.5 Å². The van der Waals surface area contributed by atoms with E-state index in [4.69, 9.17) is 27.7 Å². The zero-order valence-electron chi connectivity index (χ0n) is 43.0. The fraction of sp³-hybridized carbons (Fsp3) is 0. The third-order valence-corrected chi connectivity index (χ3v) is 7.74. The third kappa shape index (κ3) is 4.02. The molecule has 0 bridgehead atoms. The average Bonchev–Trinajstić information content (AvgIpc) is 3.69. The van der Waals surface area contributed by atoms with Crippen LogP contribution in [0.3, 0.4) is 0 Å². The van der Waals surface area contributed by atoms with E-state index < -0.39 is 143 Å². The van der Waals surface area contributed by atoms with Gasteiger partial charge in [-0.15, -0.1) is 0 Å². The minimum absolute atomic E-state index is 0.0999. The Hall–Kier alpha value is -5.92. The van der Waals surface area contributed by atoms with Crippen LogP contribution in [-0.2, 0) is 0 Å². The van der Waals surface area contributed by atoms with E-state index in [0.29, 0.717) is 0 Å². The van der Waals surface area contributed by atoms with E-state index in [1.54, 1.807) is 48.5 Å². The number of hydrogen-bond acceptors (Lipinski definition) is 1. The van der Waals surface area contributed by atoms with Gasteiger partial charge in [0, 0.05) is 16.3 Å². The first-order chi connectivity index (χ1) is 30.7. The van der Waals surface area contributed by atoms with Gasteiger partial charge < -0.3 is 4.42 Å². The normalized spacial score (nSPS) is 17.8. The van der Waals surface area contributed by atoms with Gasteiger partial charge >= 0.3 is 0 Å². The SMILES string of the molecule is [2H]c1c([2H])c([2H])c(-c2c([2H])c([2H])c([2H])c([2H])c2-c2c3ccccc3c(-c3c([2H])c([2H])c([2H])c4oc5c(-c6c([2H])c([2H])c([2H])c([2H])c6[2H])c([2H])c([2H])c([2H])c5c34)c3ccccc23)c([2H])c1[2H]. The molecule has 1 nitrogen and oxygen atoms in total. The standard InChI is InChI=1S/C44H28O/c1-3-15-29(16-4-1)31-19-7-8-20-33(31)41-34-21-9-11-23-36(34)42(37-24-12-10-22-35(37)41)38-26-14-28-40-43(38)39-27-13-25-32(44(39)45-40)30-17-5-2-6-18-30/h1-28H/i1D,2D,3D,4D,5D,6D,7D,8D,13D,14D,15D,16D,17D,18D,19D,20D,25D,26D,27D,28D.